The number of aryl methyl sites for hydroxylation is 1. The van der Waals surface area contributed by atoms with Crippen molar-refractivity contribution in [1.29, 1.82) is 0 Å². The van der Waals surface area contributed by atoms with Crippen LogP contribution in [0.15, 0.2) is 65.1 Å². The second kappa shape index (κ2) is 8.12. The van der Waals surface area contributed by atoms with Gasteiger partial charge >= 0.3 is 0 Å². The van der Waals surface area contributed by atoms with Crippen LogP contribution in [0.1, 0.15) is 42.0 Å². The van der Waals surface area contributed by atoms with Crippen LogP contribution in [0.4, 0.5) is 0 Å². The van der Waals surface area contributed by atoms with Crippen molar-refractivity contribution in [2.75, 3.05) is 0 Å². The molecule has 25 heavy (non-hydrogen) atoms. The predicted octanol–water partition coefficient (Wildman–Crippen LogP) is 4.88. The first-order chi connectivity index (χ1) is 12.1. The molecule has 0 saturated carbocycles. The third-order valence-corrected chi connectivity index (χ3v) is 4.93. The molecule has 0 aliphatic rings. The number of rotatable bonds is 6. The fourth-order valence-electron chi connectivity index (χ4n) is 2.32. The number of nitrogens with zero attached hydrogens (tertiary/aromatic N) is 4. The highest BCUT2D eigenvalue weighted by Gasteiger charge is 2.05. The second-order valence-corrected chi connectivity index (χ2v) is 7.24. The molecule has 0 radical (unpaired) electrons. The smallest absolute Gasteiger partial charge is 0.195 e. The highest BCUT2D eigenvalue weighted by molar-refractivity contribution is 7.98. The van der Waals surface area contributed by atoms with E-state index in [0.29, 0.717) is 5.92 Å². The Kier molecular flexibility index (Phi) is 5.66. The molecule has 0 aliphatic heterocycles. The van der Waals surface area contributed by atoms with Crippen LogP contribution in [0.2, 0.25) is 0 Å². The Morgan fingerprint density at radius 3 is 2.48 bits per heavy atom. The van der Waals surface area contributed by atoms with Gasteiger partial charge < -0.3 is 0 Å². The second-order valence-electron chi connectivity index (χ2n) is 6.30. The van der Waals surface area contributed by atoms with Gasteiger partial charge in [-0.2, -0.15) is 9.78 Å². The van der Waals surface area contributed by atoms with Gasteiger partial charge in [0, 0.05) is 5.75 Å². The first-order valence-electron chi connectivity index (χ1n) is 8.34. The maximum absolute atomic E-state index is 4.48. The molecule has 5 heteroatoms. The van der Waals surface area contributed by atoms with E-state index in [1.807, 2.05) is 6.21 Å². The lowest BCUT2D eigenvalue weighted by Crippen LogP contribution is -1.93. The number of aromatic nitrogens is 3. The normalized spacial score (nSPS) is 11.5. The Balaban J connectivity index is 1.65. The van der Waals surface area contributed by atoms with E-state index in [4.69, 9.17) is 0 Å². The summed E-state index contributed by atoms with van der Waals surface area (Å²) in [6.45, 7) is 6.48. The Hall–Kier alpha value is -2.40. The molecular weight excluding hydrogens is 328 g/mol. The van der Waals surface area contributed by atoms with Crippen LogP contribution in [0, 0.1) is 6.92 Å². The fraction of sp³-hybridized carbons (Fsp3) is 0.250. The topological polar surface area (TPSA) is 43.1 Å². The van der Waals surface area contributed by atoms with E-state index < -0.39 is 0 Å². The van der Waals surface area contributed by atoms with E-state index >= 15 is 0 Å². The summed E-state index contributed by atoms with van der Waals surface area (Å²) in [4.78, 5) is 0. The predicted molar refractivity (Wildman–Crippen MR) is 104 cm³/mol. The highest BCUT2D eigenvalue weighted by atomic mass is 32.2. The first kappa shape index (κ1) is 17.4. The van der Waals surface area contributed by atoms with Gasteiger partial charge in [0.1, 0.15) is 6.33 Å². The summed E-state index contributed by atoms with van der Waals surface area (Å²) in [6, 6.07) is 17.0. The van der Waals surface area contributed by atoms with Crippen LogP contribution in [-0.2, 0) is 5.75 Å². The van der Waals surface area contributed by atoms with Crippen LogP contribution >= 0.6 is 11.8 Å². The molecule has 3 aromatic rings. The molecule has 3 rings (SSSR count). The Labute approximate surface area is 153 Å². The molecule has 0 N–H and O–H groups in total. The van der Waals surface area contributed by atoms with Crippen LogP contribution in [0.3, 0.4) is 0 Å². The number of hydrogen-bond donors (Lipinski definition) is 0. The van der Waals surface area contributed by atoms with Crippen LogP contribution in [0.5, 0.6) is 0 Å². The molecule has 0 aliphatic carbocycles. The third-order valence-electron chi connectivity index (χ3n) is 3.92. The van der Waals surface area contributed by atoms with Gasteiger partial charge in [0.25, 0.3) is 0 Å². The zero-order valence-electron chi connectivity index (χ0n) is 14.8. The molecule has 4 nitrogen and oxygen atoms in total. The first-order valence-corrected chi connectivity index (χ1v) is 9.33. The molecule has 0 saturated heterocycles. The monoisotopic (exact) mass is 350 g/mol. The lowest BCUT2D eigenvalue weighted by atomic mass is 10.0. The summed E-state index contributed by atoms with van der Waals surface area (Å²) in [7, 11) is 0. The zero-order valence-corrected chi connectivity index (χ0v) is 15.6. The molecule has 1 aromatic heterocycles. The average molecular weight is 350 g/mol. The summed E-state index contributed by atoms with van der Waals surface area (Å²) in [5, 5.41) is 13.4. The van der Waals surface area contributed by atoms with Crippen molar-refractivity contribution >= 4 is 18.0 Å². The molecule has 0 spiro atoms. The van der Waals surface area contributed by atoms with E-state index in [2.05, 4.69) is 84.6 Å². The van der Waals surface area contributed by atoms with E-state index in [9.17, 15) is 0 Å². The zero-order chi connectivity index (χ0) is 17.6. The van der Waals surface area contributed by atoms with Crippen molar-refractivity contribution in [3.8, 4) is 0 Å². The summed E-state index contributed by atoms with van der Waals surface area (Å²) in [5.74, 6) is 1.38. The van der Waals surface area contributed by atoms with Gasteiger partial charge in [-0.1, -0.05) is 79.7 Å². The third kappa shape index (κ3) is 4.79. The Morgan fingerprint density at radius 2 is 1.80 bits per heavy atom. The van der Waals surface area contributed by atoms with E-state index in [0.717, 1.165) is 16.5 Å². The van der Waals surface area contributed by atoms with Crippen molar-refractivity contribution in [2.24, 2.45) is 5.10 Å². The highest BCUT2D eigenvalue weighted by Crippen LogP contribution is 2.21. The van der Waals surface area contributed by atoms with Crippen molar-refractivity contribution in [1.82, 2.24) is 14.9 Å². The minimum Gasteiger partial charge on any atom is -0.195 e. The van der Waals surface area contributed by atoms with Crippen molar-refractivity contribution < 1.29 is 0 Å². The van der Waals surface area contributed by atoms with Gasteiger partial charge in [-0.15, -0.1) is 10.2 Å². The van der Waals surface area contributed by atoms with E-state index in [1.165, 1.54) is 16.7 Å². The summed E-state index contributed by atoms with van der Waals surface area (Å²) in [6.07, 6.45) is 3.47. The number of benzene rings is 2. The minimum absolute atomic E-state index is 0.536. The SMILES string of the molecule is Cc1ccc(CSc2nncn2/N=C/c2ccc(C(C)C)cc2)cc1. The molecule has 1 heterocycles. The molecule has 128 valence electrons. The number of thioether (sulfide) groups is 1. The quantitative estimate of drug-likeness (QED) is 0.470. The standard InChI is InChI=1S/C20H22N4S/c1-15(2)19-10-8-17(9-11-19)12-22-24-14-21-23-20(24)25-13-18-6-4-16(3)5-7-18/h4-12,14-15H,13H2,1-3H3/b22-12+. The summed E-state index contributed by atoms with van der Waals surface area (Å²) >= 11 is 1.63. The fourth-order valence-corrected chi connectivity index (χ4v) is 3.14. The lowest BCUT2D eigenvalue weighted by molar-refractivity contribution is 0.767. The molecule has 0 atom stereocenters. The molecule has 0 amide bonds. The summed E-state index contributed by atoms with van der Waals surface area (Å²) in [5.41, 5.74) is 4.92. The van der Waals surface area contributed by atoms with Gasteiger partial charge in [0.15, 0.2) is 0 Å². The lowest BCUT2D eigenvalue weighted by Gasteiger charge is -2.04. The van der Waals surface area contributed by atoms with Crippen LogP contribution in [0.25, 0.3) is 0 Å². The molecule has 0 unspecified atom stereocenters. The molecule has 0 fully saturated rings. The van der Waals surface area contributed by atoms with Gasteiger partial charge in [-0.25, -0.2) is 0 Å². The van der Waals surface area contributed by atoms with Crippen LogP contribution < -0.4 is 0 Å². The van der Waals surface area contributed by atoms with Gasteiger partial charge in [-0.05, 0) is 29.5 Å². The van der Waals surface area contributed by atoms with Crippen molar-refractivity contribution in [3.63, 3.8) is 0 Å². The van der Waals surface area contributed by atoms with Crippen molar-refractivity contribution in [2.45, 2.75) is 37.6 Å². The van der Waals surface area contributed by atoms with Crippen molar-refractivity contribution in [3.05, 3.63) is 77.1 Å². The molecular formula is C20H22N4S. The van der Waals surface area contributed by atoms with Gasteiger partial charge in [0.2, 0.25) is 5.16 Å². The maximum atomic E-state index is 4.48. The number of hydrogen-bond acceptors (Lipinski definition) is 4. The summed E-state index contributed by atoms with van der Waals surface area (Å²) < 4.78 is 1.72. The van der Waals surface area contributed by atoms with E-state index in [-0.39, 0.29) is 0 Å². The largest absolute Gasteiger partial charge is 0.212 e. The average Bonchev–Trinajstić information content (AvgIpc) is 3.07. The molecule has 2 aromatic carbocycles. The maximum Gasteiger partial charge on any atom is 0.212 e. The minimum atomic E-state index is 0.536. The van der Waals surface area contributed by atoms with Gasteiger partial charge in [0.05, 0.1) is 6.21 Å². The van der Waals surface area contributed by atoms with E-state index in [1.54, 1.807) is 22.8 Å². The Morgan fingerprint density at radius 1 is 1.08 bits per heavy atom. The van der Waals surface area contributed by atoms with Crippen LogP contribution in [-0.4, -0.2) is 21.1 Å². The Bertz CT molecular complexity index is 833. The molecule has 0 bridgehead atoms. The van der Waals surface area contributed by atoms with Gasteiger partial charge in [-0.3, -0.25) is 0 Å².